The van der Waals surface area contributed by atoms with Crippen molar-refractivity contribution in [1.29, 1.82) is 0 Å². The minimum atomic E-state index is -0.242. The molecule has 2 aromatic carbocycles. The smallest absolute Gasteiger partial charge is 0.255 e. The van der Waals surface area contributed by atoms with Gasteiger partial charge in [0.1, 0.15) is 0 Å². The molecule has 2 aliphatic heterocycles. The van der Waals surface area contributed by atoms with Crippen molar-refractivity contribution in [3.05, 3.63) is 47.5 Å². The molecule has 2 aromatic rings. The fourth-order valence-corrected chi connectivity index (χ4v) is 2.74. The molecule has 2 N–H and O–H groups in total. The summed E-state index contributed by atoms with van der Waals surface area (Å²) in [7, 11) is 0. The van der Waals surface area contributed by atoms with Crippen LogP contribution in [-0.2, 0) is 4.79 Å². The molecule has 0 saturated heterocycles. The molecule has 4 rings (SSSR count). The maximum Gasteiger partial charge on any atom is 0.255 e. The summed E-state index contributed by atoms with van der Waals surface area (Å²) >= 11 is 0. The van der Waals surface area contributed by atoms with E-state index < -0.39 is 0 Å². The van der Waals surface area contributed by atoms with Crippen molar-refractivity contribution >= 4 is 23.2 Å². The van der Waals surface area contributed by atoms with Gasteiger partial charge in [-0.15, -0.1) is 0 Å². The normalized spacial score (nSPS) is 17.6. The van der Waals surface area contributed by atoms with Crippen molar-refractivity contribution in [3.63, 3.8) is 0 Å². The Balaban J connectivity index is 1.57. The minimum Gasteiger partial charge on any atom is -0.454 e. The Kier molecular flexibility index (Phi) is 2.97. The van der Waals surface area contributed by atoms with E-state index in [1.807, 2.05) is 13.0 Å². The van der Waals surface area contributed by atoms with Crippen LogP contribution in [0, 0.1) is 0 Å². The Bertz CT molecular complexity index is 831. The zero-order chi connectivity index (χ0) is 16.0. The molecule has 0 fully saturated rings. The fraction of sp³-hybridized carbons (Fsp3) is 0.176. The Morgan fingerprint density at radius 2 is 2.00 bits per heavy atom. The number of anilines is 2. The summed E-state index contributed by atoms with van der Waals surface area (Å²) in [6, 6.07) is 10.4. The third kappa shape index (κ3) is 2.28. The van der Waals surface area contributed by atoms with Crippen molar-refractivity contribution in [2.45, 2.75) is 12.8 Å². The molecule has 2 heterocycles. The largest absolute Gasteiger partial charge is 0.454 e. The van der Waals surface area contributed by atoms with Gasteiger partial charge in [-0.05, 0) is 48.9 Å². The molecule has 1 unspecified atom stereocenters. The van der Waals surface area contributed by atoms with Crippen LogP contribution >= 0.6 is 0 Å². The first kappa shape index (κ1) is 13.6. The van der Waals surface area contributed by atoms with Crippen molar-refractivity contribution < 1.29 is 19.1 Å². The van der Waals surface area contributed by atoms with Gasteiger partial charge in [0, 0.05) is 16.9 Å². The summed E-state index contributed by atoms with van der Waals surface area (Å²) in [5.74, 6) is 0.715. The summed E-state index contributed by atoms with van der Waals surface area (Å²) in [6.45, 7) is 2.01. The predicted molar refractivity (Wildman–Crippen MR) is 84.0 cm³/mol. The van der Waals surface area contributed by atoms with Crippen LogP contribution in [0.15, 0.2) is 36.4 Å². The van der Waals surface area contributed by atoms with Gasteiger partial charge >= 0.3 is 0 Å². The zero-order valence-electron chi connectivity index (χ0n) is 12.4. The van der Waals surface area contributed by atoms with E-state index in [2.05, 4.69) is 10.6 Å². The Labute approximate surface area is 132 Å². The Morgan fingerprint density at radius 3 is 2.87 bits per heavy atom. The van der Waals surface area contributed by atoms with E-state index in [4.69, 9.17) is 9.47 Å². The van der Waals surface area contributed by atoms with Gasteiger partial charge in [0.2, 0.25) is 12.7 Å². The number of hydrogen-bond acceptors (Lipinski definition) is 4. The number of hydrogen-bond donors (Lipinski definition) is 2. The second kappa shape index (κ2) is 5.01. The molecular weight excluding hydrogens is 296 g/mol. The van der Waals surface area contributed by atoms with E-state index in [-0.39, 0.29) is 24.5 Å². The molecule has 2 aliphatic rings. The number of ether oxygens (including phenoxy) is 2. The van der Waals surface area contributed by atoms with E-state index in [9.17, 15) is 9.59 Å². The van der Waals surface area contributed by atoms with Gasteiger partial charge in [0.25, 0.3) is 5.91 Å². The summed E-state index contributed by atoms with van der Waals surface area (Å²) < 4.78 is 10.5. The summed E-state index contributed by atoms with van der Waals surface area (Å²) in [4.78, 5) is 24.0. The van der Waals surface area contributed by atoms with Gasteiger partial charge in [0.15, 0.2) is 11.5 Å². The highest BCUT2D eigenvalue weighted by Crippen LogP contribution is 2.35. The van der Waals surface area contributed by atoms with Gasteiger partial charge in [-0.1, -0.05) is 0 Å². The second-order valence-corrected chi connectivity index (χ2v) is 5.54. The molecule has 6 heteroatoms. The number of carbonyl (C=O) groups is 2. The third-order valence-corrected chi connectivity index (χ3v) is 4.06. The zero-order valence-corrected chi connectivity index (χ0v) is 12.4. The molecule has 6 nitrogen and oxygen atoms in total. The van der Waals surface area contributed by atoms with Crippen LogP contribution in [-0.4, -0.2) is 18.6 Å². The summed E-state index contributed by atoms with van der Waals surface area (Å²) in [5.41, 5.74) is 2.81. The number of benzene rings is 2. The van der Waals surface area contributed by atoms with Gasteiger partial charge in [-0.2, -0.15) is 0 Å². The van der Waals surface area contributed by atoms with E-state index in [1.54, 1.807) is 30.3 Å². The first-order valence-electron chi connectivity index (χ1n) is 7.27. The lowest BCUT2D eigenvalue weighted by Crippen LogP contribution is -2.12. The first-order chi connectivity index (χ1) is 11.1. The molecule has 0 saturated carbocycles. The standard InChI is InChI=1S/C17H14N2O4/c1-9-12-7-11(3-4-13(12)19-16(9)20)18-17(21)10-2-5-14-15(6-10)23-8-22-14/h2-7,9H,8H2,1H3,(H,18,21)(H,19,20). The van der Waals surface area contributed by atoms with E-state index in [1.165, 1.54) is 0 Å². The predicted octanol–water partition coefficient (Wildman–Crippen LogP) is 2.72. The summed E-state index contributed by atoms with van der Waals surface area (Å²) in [6.07, 6.45) is 0. The Hall–Kier alpha value is -3.02. The maximum absolute atomic E-state index is 12.4. The van der Waals surface area contributed by atoms with E-state index in [0.29, 0.717) is 22.7 Å². The molecule has 0 radical (unpaired) electrons. The van der Waals surface area contributed by atoms with Crippen molar-refractivity contribution in [3.8, 4) is 11.5 Å². The van der Waals surface area contributed by atoms with Crippen LogP contribution in [0.25, 0.3) is 0 Å². The summed E-state index contributed by atoms with van der Waals surface area (Å²) in [5, 5.41) is 5.65. The highest BCUT2D eigenvalue weighted by atomic mass is 16.7. The van der Waals surface area contributed by atoms with Gasteiger partial charge < -0.3 is 20.1 Å². The quantitative estimate of drug-likeness (QED) is 0.894. The van der Waals surface area contributed by atoms with Crippen LogP contribution in [0.3, 0.4) is 0 Å². The fourth-order valence-electron chi connectivity index (χ4n) is 2.74. The highest BCUT2D eigenvalue weighted by Gasteiger charge is 2.26. The monoisotopic (exact) mass is 310 g/mol. The van der Waals surface area contributed by atoms with Gasteiger partial charge in [-0.3, -0.25) is 9.59 Å². The van der Waals surface area contributed by atoms with Crippen LogP contribution in [0.5, 0.6) is 11.5 Å². The number of rotatable bonds is 2. The number of fused-ring (bicyclic) bond motifs is 2. The molecular formula is C17H14N2O4. The van der Waals surface area contributed by atoms with Gasteiger partial charge in [-0.25, -0.2) is 0 Å². The Morgan fingerprint density at radius 1 is 1.17 bits per heavy atom. The SMILES string of the molecule is CC1C(=O)Nc2ccc(NC(=O)c3ccc4c(c3)OCO4)cc21. The number of nitrogens with one attached hydrogen (secondary N) is 2. The molecule has 0 aromatic heterocycles. The second-order valence-electron chi connectivity index (χ2n) is 5.54. The lowest BCUT2D eigenvalue weighted by molar-refractivity contribution is -0.116. The van der Waals surface area contributed by atoms with E-state index in [0.717, 1.165) is 11.3 Å². The third-order valence-electron chi connectivity index (χ3n) is 4.06. The highest BCUT2D eigenvalue weighted by molar-refractivity contribution is 6.06. The average Bonchev–Trinajstić information content (AvgIpc) is 3.12. The molecule has 0 bridgehead atoms. The van der Waals surface area contributed by atoms with Crippen molar-refractivity contribution in [2.75, 3.05) is 17.4 Å². The van der Waals surface area contributed by atoms with Crippen molar-refractivity contribution in [2.24, 2.45) is 0 Å². The minimum absolute atomic E-state index is 0.0285. The maximum atomic E-state index is 12.4. The number of carbonyl (C=O) groups excluding carboxylic acids is 2. The number of amides is 2. The topological polar surface area (TPSA) is 76.7 Å². The lowest BCUT2D eigenvalue weighted by Gasteiger charge is -2.08. The average molecular weight is 310 g/mol. The lowest BCUT2D eigenvalue weighted by atomic mass is 10.0. The van der Waals surface area contributed by atoms with Gasteiger partial charge in [0.05, 0.1) is 5.92 Å². The molecule has 0 spiro atoms. The van der Waals surface area contributed by atoms with Crippen LogP contribution in [0.2, 0.25) is 0 Å². The molecule has 23 heavy (non-hydrogen) atoms. The molecule has 1 atom stereocenters. The molecule has 2 amide bonds. The molecule has 116 valence electrons. The van der Waals surface area contributed by atoms with E-state index >= 15 is 0 Å². The molecule has 0 aliphatic carbocycles. The van der Waals surface area contributed by atoms with Crippen LogP contribution < -0.4 is 20.1 Å². The first-order valence-corrected chi connectivity index (χ1v) is 7.27. The van der Waals surface area contributed by atoms with Crippen LogP contribution in [0.1, 0.15) is 28.8 Å². The van der Waals surface area contributed by atoms with Crippen LogP contribution in [0.4, 0.5) is 11.4 Å². The van der Waals surface area contributed by atoms with Crippen molar-refractivity contribution in [1.82, 2.24) is 0 Å².